The Balaban J connectivity index is 1.07. The molecule has 0 spiro atoms. The fourth-order valence-corrected chi connectivity index (χ4v) is 6.90. The van der Waals surface area contributed by atoms with Crippen molar-refractivity contribution in [3.8, 4) is 5.69 Å². The number of nitrogens with zero attached hydrogens (tertiary/aromatic N) is 3. The van der Waals surface area contributed by atoms with Gasteiger partial charge in [0.2, 0.25) is 5.91 Å². The van der Waals surface area contributed by atoms with Crippen LogP contribution in [0.15, 0.2) is 114 Å². The molecule has 0 bridgehead atoms. The van der Waals surface area contributed by atoms with Crippen molar-refractivity contribution in [2.45, 2.75) is 44.5 Å². The van der Waals surface area contributed by atoms with Gasteiger partial charge >= 0.3 is 0 Å². The van der Waals surface area contributed by atoms with E-state index in [9.17, 15) is 24.6 Å². The summed E-state index contributed by atoms with van der Waals surface area (Å²) in [5.74, 6) is -1.18. The second-order valence-electron chi connectivity index (χ2n) is 12.4. The van der Waals surface area contributed by atoms with Gasteiger partial charge in [0.25, 0.3) is 11.5 Å². The summed E-state index contributed by atoms with van der Waals surface area (Å²) in [6.45, 7) is 2.33. The molecule has 3 heterocycles. The largest absolute Gasteiger partial charge is 0.394 e. The molecule has 238 valence electrons. The quantitative estimate of drug-likeness (QED) is 0.218. The highest BCUT2D eigenvalue weighted by Gasteiger charge is 2.52. The first-order chi connectivity index (χ1) is 22.8. The third kappa shape index (κ3) is 5.27. The number of fused-ring (bicyclic) bond motifs is 3. The molecule has 2 aliphatic heterocycles. The highest BCUT2D eigenvalue weighted by atomic mass is 16.3. The van der Waals surface area contributed by atoms with E-state index >= 15 is 0 Å². The fourth-order valence-electron chi connectivity index (χ4n) is 6.90. The first-order valence-electron chi connectivity index (χ1n) is 15.9. The number of para-hydroxylation sites is 2. The fraction of sp³-hybridized carbons (Fsp3) is 0.237. The highest BCUT2D eigenvalue weighted by molar-refractivity contribution is 6.07. The lowest BCUT2D eigenvalue weighted by atomic mass is 9.83. The Kier molecular flexibility index (Phi) is 7.87. The van der Waals surface area contributed by atoms with E-state index in [0.29, 0.717) is 35.3 Å². The van der Waals surface area contributed by atoms with Gasteiger partial charge in [0.1, 0.15) is 0 Å². The third-order valence-electron chi connectivity index (χ3n) is 9.57. The Morgan fingerprint density at radius 1 is 0.957 bits per heavy atom. The lowest BCUT2D eigenvalue weighted by Gasteiger charge is -2.36. The van der Waals surface area contributed by atoms with E-state index < -0.39 is 17.4 Å². The van der Waals surface area contributed by atoms with Crippen molar-refractivity contribution < 1.29 is 19.8 Å². The van der Waals surface area contributed by atoms with Crippen LogP contribution in [0.3, 0.4) is 0 Å². The molecule has 0 radical (unpaired) electrons. The van der Waals surface area contributed by atoms with Gasteiger partial charge in [0.05, 0.1) is 41.5 Å². The molecule has 4 aromatic carbocycles. The molecule has 2 amide bonds. The summed E-state index contributed by atoms with van der Waals surface area (Å²) in [6, 6.07) is 29.6. The van der Waals surface area contributed by atoms with E-state index in [4.69, 9.17) is 0 Å². The Morgan fingerprint density at radius 2 is 1.66 bits per heavy atom. The number of aliphatic hydroxyl groups is 2. The number of benzene rings is 4. The summed E-state index contributed by atoms with van der Waals surface area (Å²) in [5, 5.41) is 25.7. The smallest absolute Gasteiger partial charge is 0.279 e. The molecule has 47 heavy (non-hydrogen) atoms. The van der Waals surface area contributed by atoms with Crippen molar-refractivity contribution >= 4 is 28.4 Å². The van der Waals surface area contributed by atoms with E-state index in [1.54, 1.807) is 47.1 Å². The number of rotatable bonds is 8. The number of H-pyrrole nitrogens is 1. The van der Waals surface area contributed by atoms with Crippen LogP contribution in [-0.2, 0) is 34.7 Å². The van der Waals surface area contributed by atoms with Gasteiger partial charge in [-0.1, -0.05) is 85.8 Å². The maximum absolute atomic E-state index is 14.0. The Hall–Kier alpha value is -5.25. The lowest BCUT2D eigenvalue weighted by molar-refractivity contribution is -0.139. The Bertz CT molecular complexity index is 2060. The van der Waals surface area contributed by atoms with Gasteiger partial charge < -0.3 is 20.0 Å². The topological polar surface area (TPSA) is 119 Å². The zero-order valence-corrected chi connectivity index (χ0v) is 26.0. The second-order valence-corrected chi connectivity index (χ2v) is 12.4. The molecule has 7 rings (SSSR count). The summed E-state index contributed by atoms with van der Waals surface area (Å²) in [7, 11) is 0. The number of aliphatic hydroxyl groups excluding tert-OH is 1. The summed E-state index contributed by atoms with van der Waals surface area (Å²) in [4.78, 5) is 43.4. The van der Waals surface area contributed by atoms with Crippen LogP contribution in [0.2, 0.25) is 0 Å². The van der Waals surface area contributed by atoms with Gasteiger partial charge in [0, 0.05) is 24.4 Å². The van der Waals surface area contributed by atoms with Crippen LogP contribution in [0, 0.1) is 5.92 Å². The van der Waals surface area contributed by atoms with Gasteiger partial charge in [-0.15, -0.1) is 0 Å². The number of aromatic amines is 1. The Morgan fingerprint density at radius 3 is 2.43 bits per heavy atom. The summed E-state index contributed by atoms with van der Waals surface area (Å²) in [5.41, 5.74) is 3.67. The van der Waals surface area contributed by atoms with Crippen molar-refractivity contribution in [1.82, 2.24) is 14.7 Å². The number of carbonyl (C=O) groups is 2. The molecule has 1 aromatic heterocycles. The number of amides is 2. The summed E-state index contributed by atoms with van der Waals surface area (Å²) < 4.78 is 1.50. The van der Waals surface area contributed by atoms with Gasteiger partial charge in [-0.25, -0.2) is 4.68 Å². The number of hydrogen-bond donors (Lipinski definition) is 3. The van der Waals surface area contributed by atoms with Crippen molar-refractivity contribution in [3.63, 3.8) is 0 Å². The molecule has 0 unspecified atom stereocenters. The van der Waals surface area contributed by atoms with Gasteiger partial charge in [0.15, 0.2) is 5.60 Å². The van der Waals surface area contributed by atoms with Crippen LogP contribution in [-0.4, -0.2) is 49.4 Å². The van der Waals surface area contributed by atoms with Crippen molar-refractivity contribution in [3.05, 3.63) is 142 Å². The normalized spacial score (nSPS) is 19.7. The average molecular weight is 629 g/mol. The number of carbonyl (C=O) groups excluding carboxylic acids is 2. The average Bonchev–Trinajstić information content (AvgIpc) is 3.55. The molecule has 2 aliphatic rings. The van der Waals surface area contributed by atoms with Gasteiger partial charge in [-0.3, -0.25) is 19.5 Å². The molecule has 0 aliphatic carbocycles. The minimum Gasteiger partial charge on any atom is -0.394 e. The predicted octanol–water partition coefficient (Wildman–Crippen LogP) is 4.58. The van der Waals surface area contributed by atoms with Crippen LogP contribution in [0.1, 0.15) is 35.6 Å². The van der Waals surface area contributed by atoms with Gasteiger partial charge in [-0.2, -0.15) is 0 Å². The van der Waals surface area contributed by atoms with Crippen LogP contribution in [0.4, 0.5) is 5.69 Å². The molecule has 3 N–H and O–H groups in total. The molecule has 5 aromatic rings. The highest BCUT2D eigenvalue weighted by Crippen LogP contribution is 2.45. The maximum Gasteiger partial charge on any atom is 0.279 e. The zero-order chi connectivity index (χ0) is 32.7. The number of anilines is 1. The zero-order valence-electron chi connectivity index (χ0n) is 26.0. The van der Waals surface area contributed by atoms with Crippen LogP contribution in [0.5, 0.6) is 0 Å². The maximum atomic E-state index is 14.0. The van der Waals surface area contributed by atoms with Crippen LogP contribution in [0.25, 0.3) is 16.6 Å². The molecular weight excluding hydrogens is 592 g/mol. The molecule has 0 saturated carbocycles. The van der Waals surface area contributed by atoms with Gasteiger partial charge in [-0.05, 0) is 53.4 Å². The van der Waals surface area contributed by atoms with E-state index in [1.807, 2.05) is 78.9 Å². The first-order valence-corrected chi connectivity index (χ1v) is 15.9. The lowest BCUT2D eigenvalue weighted by Crippen LogP contribution is -2.46. The third-order valence-corrected chi connectivity index (χ3v) is 9.57. The Labute approximate surface area is 272 Å². The standard InChI is InChI=1S/C38H36N4O5/c1-25(9-8-16-35(44)40-23-28-11-3-2-10-27(28)21-30(40)24-43)38(47)32-13-5-7-15-34(32)41(37(38)46)22-26-17-19-29(20-18-26)42-36(45)31-12-4-6-14-33(31)39-42/h2-15,17-20,25,30,39,43,47H,16,21-24H2,1H3/b9-8+/t25-,30+,38+/m1/s1. The summed E-state index contributed by atoms with van der Waals surface area (Å²) >= 11 is 0. The van der Waals surface area contributed by atoms with E-state index in [1.165, 1.54) is 4.68 Å². The minimum absolute atomic E-state index is 0.0877. The summed E-state index contributed by atoms with van der Waals surface area (Å²) in [6.07, 6.45) is 4.13. The van der Waals surface area contributed by atoms with Crippen molar-refractivity contribution in [2.24, 2.45) is 5.92 Å². The van der Waals surface area contributed by atoms with E-state index in [2.05, 4.69) is 5.10 Å². The first kappa shape index (κ1) is 30.4. The van der Waals surface area contributed by atoms with Crippen LogP contribution < -0.4 is 10.5 Å². The monoisotopic (exact) mass is 628 g/mol. The predicted molar refractivity (Wildman–Crippen MR) is 180 cm³/mol. The van der Waals surface area contributed by atoms with Crippen LogP contribution >= 0.6 is 0 Å². The molecule has 9 nitrogen and oxygen atoms in total. The number of nitrogens with one attached hydrogen (secondary N) is 1. The molecule has 9 heteroatoms. The molecular formula is C38H36N4O5. The number of hydrogen-bond acceptors (Lipinski definition) is 5. The molecule has 0 fully saturated rings. The SMILES string of the molecule is C[C@H](/C=C/CC(=O)N1Cc2ccccc2C[C@H]1CO)[C@@]1(O)C(=O)N(Cc2ccc(-n3[nH]c4ccccc4c3=O)cc2)c2ccccc21. The second kappa shape index (κ2) is 12.2. The molecule has 3 atom stereocenters. The van der Waals surface area contributed by atoms with Crippen molar-refractivity contribution in [2.75, 3.05) is 11.5 Å². The molecule has 0 saturated heterocycles. The minimum atomic E-state index is -1.81. The van der Waals surface area contributed by atoms with E-state index in [0.717, 1.165) is 22.2 Å². The number of aromatic nitrogens is 2. The van der Waals surface area contributed by atoms with Crippen molar-refractivity contribution in [1.29, 1.82) is 0 Å². The van der Waals surface area contributed by atoms with E-state index in [-0.39, 0.29) is 37.1 Å².